The van der Waals surface area contributed by atoms with Gasteiger partial charge in [-0.3, -0.25) is 9.59 Å². The minimum atomic E-state index is -1.12. The van der Waals surface area contributed by atoms with Gasteiger partial charge in [-0.25, -0.2) is 0 Å². The number of carbonyl (C=O) groups is 2. The second-order valence-electron chi connectivity index (χ2n) is 1.59. The summed E-state index contributed by atoms with van der Waals surface area (Å²) in [4.78, 5) is 20.4. The summed E-state index contributed by atoms with van der Waals surface area (Å²) >= 11 is 5.27. The minimum absolute atomic E-state index is 0.409. The SMILES string of the molecule is COC(=O)C(Cl)CC(=O)O. The van der Waals surface area contributed by atoms with Crippen molar-refractivity contribution in [1.29, 1.82) is 0 Å². The zero-order chi connectivity index (χ0) is 8.15. The molecule has 1 unspecified atom stereocenters. The van der Waals surface area contributed by atoms with E-state index in [9.17, 15) is 9.59 Å². The molecule has 0 fully saturated rings. The van der Waals surface area contributed by atoms with Crippen molar-refractivity contribution in [3.05, 3.63) is 0 Å². The molecular formula is C5H7ClO4. The third-order valence-electron chi connectivity index (χ3n) is 0.811. The molecule has 4 nitrogen and oxygen atoms in total. The zero-order valence-corrected chi connectivity index (χ0v) is 6.09. The van der Waals surface area contributed by atoms with Crippen LogP contribution in [0.3, 0.4) is 0 Å². The van der Waals surface area contributed by atoms with Crippen LogP contribution in [0, 0.1) is 0 Å². The van der Waals surface area contributed by atoms with Gasteiger partial charge in [0.2, 0.25) is 0 Å². The van der Waals surface area contributed by atoms with Gasteiger partial charge in [-0.1, -0.05) is 0 Å². The molecule has 0 aliphatic carbocycles. The van der Waals surface area contributed by atoms with Crippen molar-refractivity contribution in [3.63, 3.8) is 0 Å². The summed E-state index contributed by atoms with van der Waals surface area (Å²) in [5, 5.41) is 7.06. The highest BCUT2D eigenvalue weighted by atomic mass is 35.5. The summed E-state index contributed by atoms with van der Waals surface area (Å²) in [6.07, 6.45) is -0.409. The standard InChI is InChI=1S/C5H7ClO4/c1-10-5(9)3(6)2-4(7)8/h3H,2H2,1H3,(H,7,8). The number of carboxylic acid groups (broad SMARTS) is 1. The summed E-state index contributed by atoms with van der Waals surface area (Å²) in [6.45, 7) is 0. The monoisotopic (exact) mass is 166 g/mol. The van der Waals surface area contributed by atoms with Crippen molar-refractivity contribution < 1.29 is 19.4 Å². The molecule has 0 spiro atoms. The lowest BCUT2D eigenvalue weighted by molar-refractivity contribution is -0.145. The quantitative estimate of drug-likeness (QED) is 0.482. The lowest BCUT2D eigenvalue weighted by Crippen LogP contribution is -2.19. The maximum Gasteiger partial charge on any atom is 0.324 e. The normalized spacial score (nSPS) is 12.2. The average molecular weight is 167 g/mol. The molecule has 10 heavy (non-hydrogen) atoms. The van der Waals surface area contributed by atoms with Crippen LogP contribution in [0.4, 0.5) is 0 Å². The first-order valence-corrected chi connectivity index (χ1v) is 2.95. The maximum atomic E-state index is 10.4. The number of alkyl halides is 1. The molecule has 5 heteroatoms. The topological polar surface area (TPSA) is 63.6 Å². The second kappa shape index (κ2) is 4.11. The number of methoxy groups -OCH3 is 1. The van der Waals surface area contributed by atoms with Gasteiger partial charge in [-0.05, 0) is 0 Å². The van der Waals surface area contributed by atoms with Crippen molar-refractivity contribution in [2.45, 2.75) is 11.8 Å². The van der Waals surface area contributed by atoms with Crippen LogP contribution in [0.25, 0.3) is 0 Å². The number of esters is 1. The van der Waals surface area contributed by atoms with Gasteiger partial charge in [0, 0.05) is 0 Å². The molecule has 0 rings (SSSR count). The van der Waals surface area contributed by atoms with Gasteiger partial charge in [0.05, 0.1) is 13.5 Å². The summed E-state index contributed by atoms with van der Waals surface area (Å²) in [7, 11) is 1.15. The Labute approximate surface area is 62.7 Å². The maximum absolute atomic E-state index is 10.4. The van der Waals surface area contributed by atoms with Gasteiger partial charge in [0.1, 0.15) is 5.38 Å². The highest BCUT2D eigenvalue weighted by molar-refractivity contribution is 6.30. The van der Waals surface area contributed by atoms with Crippen molar-refractivity contribution >= 4 is 23.5 Å². The first-order chi connectivity index (χ1) is 4.57. The third-order valence-corrected chi connectivity index (χ3v) is 1.14. The van der Waals surface area contributed by atoms with E-state index >= 15 is 0 Å². The molecular weight excluding hydrogens is 160 g/mol. The zero-order valence-electron chi connectivity index (χ0n) is 5.33. The van der Waals surface area contributed by atoms with Crippen LogP contribution in [0.5, 0.6) is 0 Å². The van der Waals surface area contributed by atoms with Crippen LogP contribution in [0.15, 0.2) is 0 Å². The summed E-state index contributed by atoms with van der Waals surface area (Å²) in [5.74, 6) is -1.84. The van der Waals surface area contributed by atoms with E-state index in [0.29, 0.717) is 0 Å². The number of rotatable bonds is 3. The van der Waals surface area contributed by atoms with Gasteiger partial charge < -0.3 is 9.84 Å². The molecule has 0 bridgehead atoms. The second-order valence-corrected chi connectivity index (χ2v) is 2.12. The minimum Gasteiger partial charge on any atom is -0.481 e. The van der Waals surface area contributed by atoms with Crippen molar-refractivity contribution in [3.8, 4) is 0 Å². The summed E-state index contributed by atoms with van der Waals surface area (Å²) in [5.41, 5.74) is 0. The molecule has 0 amide bonds. The predicted octanol–water partition coefficient (Wildman–Crippen LogP) is 0.241. The van der Waals surface area contributed by atoms with E-state index in [-0.39, 0.29) is 0 Å². The van der Waals surface area contributed by atoms with E-state index < -0.39 is 23.7 Å². The molecule has 0 saturated carbocycles. The lowest BCUT2D eigenvalue weighted by atomic mass is 10.3. The van der Waals surface area contributed by atoms with Crippen LogP contribution < -0.4 is 0 Å². The molecule has 0 aromatic carbocycles. The Balaban J connectivity index is 3.72. The van der Waals surface area contributed by atoms with E-state index in [1.807, 2.05) is 0 Å². The number of carboxylic acids is 1. The van der Waals surface area contributed by atoms with Gasteiger partial charge in [-0.2, -0.15) is 0 Å². The number of ether oxygens (including phenoxy) is 1. The Morgan fingerprint density at radius 3 is 2.50 bits per heavy atom. The average Bonchev–Trinajstić information content (AvgIpc) is 1.85. The van der Waals surface area contributed by atoms with Gasteiger partial charge >= 0.3 is 11.9 Å². The Bertz CT molecular complexity index is 145. The molecule has 58 valence electrons. The summed E-state index contributed by atoms with van der Waals surface area (Å²) in [6, 6.07) is 0. The van der Waals surface area contributed by atoms with E-state index in [0.717, 1.165) is 7.11 Å². The fourth-order valence-corrected chi connectivity index (χ4v) is 0.586. The highest BCUT2D eigenvalue weighted by Crippen LogP contribution is 2.03. The first-order valence-electron chi connectivity index (χ1n) is 2.51. The van der Waals surface area contributed by atoms with Crippen LogP contribution in [0.1, 0.15) is 6.42 Å². The molecule has 0 aliphatic rings. The van der Waals surface area contributed by atoms with E-state index in [2.05, 4.69) is 4.74 Å². The highest BCUT2D eigenvalue weighted by Gasteiger charge is 2.18. The Morgan fingerprint density at radius 2 is 2.20 bits per heavy atom. The number of carbonyl (C=O) groups excluding carboxylic acids is 1. The van der Waals surface area contributed by atoms with E-state index in [1.165, 1.54) is 0 Å². The summed E-state index contributed by atoms with van der Waals surface area (Å²) < 4.78 is 4.18. The Kier molecular flexibility index (Phi) is 3.79. The fourth-order valence-electron chi connectivity index (χ4n) is 0.365. The smallest absolute Gasteiger partial charge is 0.324 e. The fraction of sp³-hybridized carbons (Fsp3) is 0.600. The van der Waals surface area contributed by atoms with Crippen LogP contribution >= 0.6 is 11.6 Å². The van der Waals surface area contributed by atoms with Gasteiger partial charge in [0.15, 0.2) is 0 Å². The van der Waals surface area contributed by atoms with Crippen LogP contribution in [-0.2, 0) is 14.3 Å². The third kappa shape index (κ3) is 3.29. The van der Waals surface area contributed by atoms with Crippen molar-refractivity contribution in [2.24, 2.45) is 0 Å². The van der Waals surface area contributed by atoms with Crippen molar-refractivity contribution in [1.82, 2.24) is 0 Å². The van der Waals surface area contributed by atoms with Gasteiger partial charge in [0.25, 0.3) is 0 Å². The molecule has 1 atom stereocenters. The van der Waals surface area contributed by atoms with Crippen LogP contribution in [-0.4, -0.2) is 29.5 Å². The molecule has 0 heterocycles. The number of hydrogen-bond donors (Lipinski definition) is 1. The first kappa shape index (κ1) is 9.23. The molecule has 0 aliphatic heterocycles. The molecule has 0 aromatic rings. The number of halogens is 1. The van der Waals surface area contributed by atoms with Gasteiger partial charge in [-0.15, -0.1) is 11.6 Å². The Hall–Kier alpha value is -0.770. The largest absolute Gasteiger partial charge is 0.481 e. The van der Waals surface area contributed by atoms with E-state index in [4.69, 9.17) is 16.7 Å². The Morgan fingerprint density at radius 1 is 1.70 bits per heavy atom. The van der Waals surface area contributed by atoms with Crippen LogP contribution in [0.2, 0.25) is 0 Å². The predicted molar refractivity (Wildman–Crippen MR) is 33.9 cm³/mol. The molecule has 0 radical (unpaired) electrons. The molecule has 0 saturated heterocycles. The molecule has 1 N–H and O–H groups in total. The molecule has 0 aromatic heterocycles. The number of hydrogen-bond acceptors (Lipinski definition) is 3. The van der Waals surface area contributed by atoms with Crippen molar-refractivity contribution in [2.75, 3.05) is 7.11 Å². The lowest BCUT2D eigenvalue weighted by Gasteiger charge is -2.01. The van der Waals surface area contributed by atoms with E-state index in [1.54, 1.807) is 0 Å². The number of aliphatic carboxylic acids is 1.